The molecule has 0 fully saturated rings. The summed E-state index contributed by atoms with van der Waals surface area (Å²) >= 11 is 0. The monoisotopic (exact) mass is 309 g/mol. The van der Waals surface area contributed by atoms with Crippen LogP contribution in [-0.4, -0.2) is 18.6 Å². The van der Waals surface area contributed by atoms with Crippen LogP contribution in [-0.2, 0) is 0 Å². The molecular weight excluding hydrogens is 299 g/mol. The van der Waals surface area contributed by atoms with Crippen LogP contribution in [0, 0.1) is 0 Å². The van der Waals surface area contributed by atoms with E-state index in [0.717, 1.165) is 11.1 Å². The number of halogens is 3. The fourth-order valence-electron chi connectivity index (χ4n) is 2.09. The molecule has 0 aliphatic rings. The molecule has 1 heterocycles. The van der Waals surface area contributed by atoms with Crippen LogP contribution in [0.25, 0.3) is 22.1 Å². The highest BCUT2D eigenvalue weighted by Gasteiger charge is 2.30. The number of methoxy groups -OCH3 is 1. The molecule has 0 bridgehead atoms. The number of hydrogen-bond donors (Lipinski definition) is 0. The fourth-order valence-corrected chi connectivity index (χ4v) is 2.09. The van der Waals surface area contributed by atoms with E-state index < -0.39 is 6.36 Å². The number of fused-ring (bicyclic) bond motifs is 1. The van der Waals surface area contributed by atoms with E-state index >= 15 is 0 Å². The van der Waals surface area contributed by atoms with E-state index in [1.807, 2.05) is 0 Å². The van der Waals surface area contributed by atoms with E-state index in [0.29, 0.717) is 16.8 Å². The smallest absolute Gasteiger partial charge is 0.478 e. The Labute approximate surface area is 123 Å². The van der Waals surface area contributed by atoms with Crippen molar-refractivity contribution in [1.82, 2.24) is 5.16 Å². The predicted molar refractivity (Wildman–Crippen MR) is 72.7 cm³/mol. The summed E-state index contributed by atoms with van der Waals surface area (Å²) in [6.07, 6.45) is -4.70. The van der Waals surface area contributed by atoms with Crippen LogP contribution in [0.3, 0.4) is 0 Å². The van der Waals surface area contributed by atoms with Crippen molar-refractivity contribution in [3.8, 4) is 22.8 Å². The molecule has 0 unspecified atom stereocenters. The highest BCUT2D eigenvalue weighted by Crippen LogP contribution is 2.31. The van der Waals surface area contributed by atoms with E-state index in [2.05, 4.69) is 9.89 Å². The maximum Gasteiger partial charge on any atom is 0.573 e. The summed E-state index contributed by atoms with van der Waals surface area (Å²) in [6.45, 7) is 0. The molecule has 114 valence electrons. The van der Waals surface area contributed by atoms with Crippen molar-refractivity contribution in [2.24, 2.45) is 0 Å². The SMILES string of the molecule is COc1noc2ccc(-c3ccc(OC(F)(F)F)cc3)cc12. The van der Waals surface area contributed by atoms with Crippen molar-refractivity contribution in [3.63, 3.8) is 0 Å². The first-order valence-corrected chi connectivity index (χ1v) is 6.26. The number of aromatic nitrogens is 1. The number of nitrogens with zero attached hydrogens (tertiary/aromatic N) is 1. The summed E-state index contributed by atoms with van der Waals surface area (Å²) in [4.78, 5) is 0. The Bertz CT molecular complexity index is 794. The van der Waals surface area contributed by atoms with Gasteiger partial charge in [-0.25, -0.2) is 0 Å². The van der Waals surface area contributed by atoms with Crippen LogP contribution in [0.4, 0.5) is 13.2 Å². The van der Waals surface area contributed by atoms with E-state index in [9.17, 15) is 13.2 Å². The Morgan fingerprint density at radius 3 is 2.32 bits per heavy atom. The summed E-state index contributed by atoms with van der Waals surface area (Å²) in [6, 6.07) is 10.9. The molecule has 4 nitrogen and oxygen atoms in total. The Kier molecular flexibility index (Phi) is 3.40. The summed E-state index contributed by atoms with van der Waals surface area (Å²) in [7, 11) is 1.48. The number of hydrogen-bond acceptors (Lipinski definition) is 4. The zero-order valence-corrected chi connectivity index (χ0v) is 11.3. The Balaban J connectivity index is 1.93. The summed E-state index contributed by atoms with van der Waals surface area (Å²) in [5.41, 5.74) is 2.10. The highest BCUT2D eigenvalue weighted by atomic mass is 19.4. The second-order valence-electron chi connectivity index (χ2n) is 4.47. The number of rotatable bonds is 3. The minimum absolute atomic E-state index is 0.264. The molecular formula is C15H10F3NO3. The lowest BCUT2D eigenvalue weighted by Crippen LogP contribution is -2.16. The van der Waals surface area contributed by atoms with Crippen LogP contribution < -0.4 is 9.47 Å². The highest BCUT2D eigenvalue weighted by molar-refractivity contribution is 5.87. The topological polar surface area (TPSA) is 44.5 Å². The quantitative estimate of drug-likeness (QED) is 0.719. The molecule has 0 spiro atoms. The van der Waals surface area contributed by atoms with Crippen molar-refractivity contribution in [3.05, 3.63) is 42.5 Å². The third-order valence-corrected chi connectivity index (χ3v) is 3.05. The maximum absolute atomic E-state index is 12.1. The number of benzene rings is 2. The third kappa shape index (κ3) is 2.83. The molecule has 0 atom stereocenters. The Morgan fingerprint density at radius 1 is 1.00 bits per heavy atom. The molecule has 0 aliphatic heterocycles. The van der Waals surface area contributed by atoms with Crippen molar-refractivity contribution in [2.45, 2.75) is 6.36 Å². The third-order valence-electron chi connectivity index (χ3n) is 3.05. The van der Waals surface area contributed by atoms with Gasteiger partial charge in [0.15, 0.2) is 5.58 Å². The summed E-state index contributed by atoms with van der Waals surface area (Å²) < 4.78 is 50.4. The molecule has 22 heavy (non-hydrogen) atoms. The Hall–Kier alpha value is -2.70. The summed E-state index contributed by atoms with van der Waals surface area (Å²) in [5.74, 6) is 0.0914. The normalized spacial score (nSPS) is 11.6. The van der Waals surface area contributed by atoms with Crippen molar-refractivity contribution in [1.29, 1.82) is 0 Å². The molecule has 1 aromatic heterocycles. The maximum atomic E-state index is 12.1. The lowest BCUT2D eigenvalue weighted by Gasteiger charge is -2.09. The fraction of sp³-hybridized carbons (Fsp3) is 0.133. The van der Waals surface area contributed by atoms with E-state index in [1.54, 1.807) is 30.3 Å². The Morgan fingerprint density at radius 2 is 1.68 bits per heavy atom. The molecule has 7 heteroatoms. The van der Waals surface area contributed by atoms with Gasteiger partial charge in [0, 0.05) is 0 Å². The lowest BCUT2D eigenvalue weighted by atomic mass is 10.0. The van der Waals surface area contributed by atoms with Gasteiger partial charge in [0.2, 0.25) is 0 Å². The average Bonchev–Trinajstić information content (AvgIpc) is 2.88. The van der Waals surface area contributed by atoms with Crippen molar-refractivity contribution < 1.29 is 27.2 Å². The lowest BCUT2D eigenvalue weighted by molar-refractivity contribution is -0.274. The number of alkyl halides is 3. The average molecular weight is 309 g/mol. The zero-order chi connectivity index (χ0) is 15.7. The van der Waals surface area contributed by atoms with Gasteiger partial charge in [0.1, 0.15) is 5.75 Å². The van der Waals surface area contributed by atoms with Gasteiger partial charge in [0.25, 0.3) is 5.88 Å². The van der Waals surface area contributed by atoms with E-state index in [-0.39, 0.29) is 5.75 Å². The largest absolute Gasteiger partial charge is 0.573 e. The van der Waals surface area contributed by atoms with Gasteiger partial charge in [-0.1, -0.05) is 18.2 Å². The molecule has 0 saturated carbocycles. The van der Waals surface area contributed by atoms with E-state index in [4.69, 9.17) is 9.26 Å². The van der Waals surface area contributed by atoms with Crippen molar-refractivity contribution >= 4 is 11.0 Å². The molecule has 3 aromatic rings. The molecule has 0 saturated heterocycles. The molecule has 0 aliphatic carbocycles. The van der Waals surface area contributed by atoms with Gasteiger partial charge in [-0.3, -0.25) is 0 Å². The minimum atomic E-state index is -4.70. The van der Waals surface area contributed by atoms with Gasteiger partial charge >= 0.3 is 6.36 Å². The molecule has 0 N–H and O–H groups in total. The van der Waals surface area contributed by atoms with Crippen LogP contribution in [0.15, 0.2) is 47.0 Å². The van der Waals surface area contributed by atoms with Crippen LogP contribution in [0.5, 0.6) is 11.6 Å². The number of ether oxygens (including phenoxy) is 2. The van der Waals surface area contributed by atoms with Gasteiger partial charge < -0.3 is 14.0 Å². The standard InChI is InChI=1S/C15H10F3NO3/c1-20-14-12-8-10(4-7-13(12)22-19-14)9-2-5-11(6-3-9)21-15(16,17)18/h2-8H,1H3. The van der Waals surface area contributed by atoms with Gasteiger partial charge in [0.05, 0.1) is 12.5 Å². The second-order valence-corrected chi connectivity index (χ2v) is 4.47. The minimum Gasteiger partial charge on any atom is -0.478 e. The van der Waals surface area contributed by atoms with Crippen LogP contribution in [0.1, 0.15) is 0 Å². The summed E-state index contributed by atoms with van der Waals surface area (Å²) in [5, 5.41) is 4.45. The van der Waals surface area contributed by atoms with Gasteiger partial charge in [-0.05, 0) is 40.5 Å². The first kappa shape index (κ1) is 14.2. The predicted octanol–water partition coefficient (Wildman–Crippen LogP) is 4.40. The van der Waals surface area contributed by atoms with E-state index in [1.165, 1.54) is 19.2 Å². The van der Waals surface area contributed by atoms with Gasteiger partial charge in [-0.2, -0.15) is 0 Å². The first-order valence-electron chi connectivity index (χ1n) is 6.26. The molecule has 2 aromatic carbocycles. The first-order chi connectivity index (χ1) is 10.5. The molecule has 0 amide bonds. The second kappa shape index (κ2) is 5.25. The van der Waals surface area contributed by atoms with Gasteiger partial charge in [-0.15, -0.1) is 13.2 Å². The van der Waals surface area contributed by atoms with Crippen LogP contribution in [0.2, 0.25) is 0 Å². The molecule has 3 rings (SSSR count). The zero-order valence-electron chi connectivity index (χ0n) is 11.3. The van der Waals surface area contributed by atoms with Crippen LogP contribution >= 0.6 is 0 Å². The van der Waals surface area contributed by atoms with Crippen molar-refractivity contribution in [2.75, 3.05) is 7.11 Å². The molecule has 0 radical (unpaired) electrons.